The standard InChI is InChI=1S/C16H23FN2/c1-19(9-13-7-11-2-3-12(13)6-11)10-14-8-15(17)4-5-16(14)18/h4-5,8,11-13H,2-3,6-7,9-10,18H2,1H3. The van der Waals surface area contributed by atoms with E-state index in [1.807, 2.05) is 0 Å². The van der Waals surface area contributed by atoms with E-state index in [0.29, 0.717) is 5.69 Å². The van der Waals surface area contributed by atoms with Gasteiger partial charge in [0, 0.05) is 18.8 Å². The third kappa shape index (κ3) is 2.76. The van der Waals surface area contributed by atoms with Crippen LogP contribution in [0.15, 0.2) is 18.2 Å². The highest BCUT2D eigenvalue weighted by Crippen LogP contribution is 2.48. The van der Waals surface area contributed by atoms with Crippen molar-refractivity contribution in [1.29, 1.82) is 0 Å². The van der Waals surface area contributed by atoms with E-state index in [4.69, 9.17) is 5.73 Å². The first-order valence-corrected chi connectivity index (χ1v) is 7.34. The molecule has 3 atom stereocenters. The van der Waals surface area contributed by atoms with E-state index in [9.17, 15) is 4.39 Å². The van der Waals surface area contributed by atoms with Crippen LogP contribution >= 0.6 is 0 Å². The van der Waals surface area contributed by atoms with Crippen molar-refractivity contribution in [2.45, 2.75) is 32.2 Å². The highest BCUT2D eigenvalue weighted by Gasteiger charge is 2.39. The van der Waals surface area contributed by atoms with Crippen LogP contribution in [-0.2, 0) is 6.54 Å². The number of hydrogen-bond donors (Lipinski definition) is 1. The zero-order valence-electron chi connectivity index (χ0n) is 11.6. The lowest BCUT2D eigenvalue weighted by atomic mass is 9.88. The maximum Gasteiger partial charge on any atom is 0.123 e. The molecule has 3 heteroatoms. The minimum atomic E-state index is -0.197. The first-order chi connectivity index (χ1) is 9.11. The maximum absolute atomic E-state index is 13.3. The fraction of sp³-hybridized carbons (Fsp3) is 0.625. The lowest BCUT2D eigenvalue weighted by Crippen LogP contribution is -2.28. The van der Waals surface area contributed by atoms with E-state index in [2.05, 4.69) is 11.9 Å². The molecule has 0 aromatic heterocycles. The number of fused-ring (bicyclic) bond motifs is 2. The average Bonchev–Trinajstić information content (AvgIpc) is 2.96. The molecule has 0 heterocycles. The smallest absolute Gasteiger partial charge is 0.123 e. The van der Waals surface area contributed by atoms with Gasteiger partial charge in [0.25, 0.3) is 0 Å². The van der Waals surface area contributed by atoms with Crippen LogP contribution < -0.4 is 5.73 Å². The van der Waals surface area contributed by atoms with Gasteiger partial charge >= 0.3 is 0 Å². The van der Waals surface area contributed by atoms with Crippen molar-refractivity contribution in [3.05, 3.63) is 29.6 Å². The topological polar surface area (TPSA) is 29.3 Å². The monoisotopic (exact) mass is 262 g/mol. The summed E-state index contributed by atoms with van der Waals surface area (Å²) in [5.41, 5.74) is 7.52. The molecule has 2 aliphatic carbocycles. The Morgan fingerprint density at radius 2 is 2.16 bits per heavy atom. The number of benzene rings is 1. The van der Waals surface area contributed by atoms with Gasteiger partial charge < -0.3 is 10.6 Å². The molecule has 0 spiro atoms. The van der Waals surface area contributed by atoms with Gasteiger partial charge in [-0.05, 0) is 67.8 Å². The van der Waals surface area contributed by atoms with Crippen LogP contribution in [0, 0.1) is 23.6 Å². The van der Waals surface area contributed by atoms with E-state index in [-0.39, 0.29) is 5.82 Å². The molecule has 2 bridgehead atoms. The third-order valence-corrected chi connectivity index (χ3v) is 4.98. The minimum Gasteiger partial charge on any atom is -0.398 e. The van der Waals surface area contributed by atoms with E-state index < -0.39 is 0 Å². The SMILES string of the molecule is CN(Cc1cc(F)ccc1N)CC1CC2CCC1C2. The van der Waals surface area contributed by atoms with Crippen LogP contribution in [0.5, 0.6) is 0 Å². The van der Waals surface area contributed by atoms with Gasteiger partial charge in [-0.25, -0.2) is 4.39 Å². The predicted octanol–water partition coefficient (Wildman–Crippen LogP) is 3.28. The summed E-state index contributed by atoms with van der Waals surface area (Å²) in [5.74, 6) is 2.58. The molecule has 0 aliphatic heterocycles. The molecule has 2 nitrogen and oxygen atoms in total. The van der Waals surface area contributed by atoms with Gasteiger partial charge in [0.2, 0.25) is 0 Å². The van der Waals surface area contributed by atoms with Crippen molar-refractivity contribution < 1.29 is 4.39 Å². The summed E-state index contributed by atoms with van der Waals surface area (Å²) in [5, 5.41) is 0. The van der Waals surface area contributed by atoms with Crippen LogP contribution in [0.2, 0.25) is 0 Å². The summed E-state index contributed by atoms with van der Waals surface area (Å²) in [7, 11) is 2.12. The first kappa shape index (κ1) is 12.9. The molecule has 0 saturated heterocycles. The van der Waals surface area contributed by atoms with Crippen molar-refractivity contribution in [2.75, 3.05) is 19.3 Å². The van der Waals surface area contributed by atoms with Gasteiger partial charge in [0.05, 0.1) is 0 Å². The third-order valence-electron chi connectivity index (χ3n) is 4.98. The summed E-state index contributed by atoms with van der Waals surface area (Å²) in [6.45, 7) is 1.87. The molecule has 2 aliphatic rings. The Kier molecular flexibility index (Phi) is 3.48. The molecule has 0 radical (unpaired) electrons. The highest BCUT2D eigenvalue weighted by molar-refractivity contribution is 5.46. The number of hydrogen-bond acceptors (Lipinski definition) is 2. The molecule has 0 amide bonds. The van der Waals surface area contributed by atoms with Gasteiger partial charge in [0.15, 0.2) is 0 Å². The number of anilines is 1. The lowest BCUT2D eigenvalue weighted by molar-refractivity contribution is 0.214. The van der Waals surface area contributed by atoms with E-state index >= 15 is 0 Å². The second kappa shape index (κ2) is 5.12. The Morgan fingerprint density at radius 1 is 1.32 bits per heavy atom. The van der Waals surface area contributed by atoms with Crippen LogP contribution in [-0.4, -0.2) is 18.5 Å². The van der Waals surface area contributed by atoms with Crippen molar-refractivity contribution >= 4 is 5.69 Å². The molecule has 104 valence electrons. The van der Waals surface area contributed by atoms with Crippen molar-refractivity contribution in [3.8, 4) is 0 Å². The number of nitrogen functional groups attached to an aromatic ring is 1. The van der Waals surface area contributed by atoms with Crippen molar-refractivity contribution in [3.63, 3.8) is 0 Å². The molecule has 2 N–H and O–H groups in total. The predicted molar refractivity (Wildman–Crippen MR) is 76.1 cm³/mol. The van der Waals surface area contributed by atoms with Crippen LogP contribution in [0.1, 0.15) is 31.2 Å². The first-order valence-electron chi connectivity index (χ1n) is 7.34. The van der Waals surface area contributed by atoms with Crippen molar-refractivity contribution in [2.24, 2.45) is 17.8 Å². The zero-order valence-corrected chi connectivity index (χ0v) is 11.6. The summed E-state index contributed by atoms with van der Waals surface area (Å²) in [6, 6.07) is 4.65. The Labute approximate surface area is 114 Å². The molecule has 2 fully saturated rings. The molecule has 1 aromatic rings. The molecule has 3 rings (SSSR count). The Balaban J connectivity index is 1.59. The fourth-order valence-electron chi connectivity index (χ4n) is 4.07. The molecule has 3 unspecified atom stereocenters. The number of nitrogens with zero attached hydrogens (tertiary/aromatic N) is 1. The van der Waals surface area contributed by atoms with Gasteiger partial charge in [-0.3, -0.25) is 0 Å². The summed E-state index contributed by atoms with van der Waals surface area (Å²) in [4.78, 5) is 2.30. The summed E-state index contributed by atoms with van der Waals surface area (Å²) >= 11 is 0. The Morgan fingerprint density at radius 3 is 2.84 bits per heavy atom. The van der Waals surface area contributed by atoms with Crippen LogP contribution in [0.3, 0.4) is 0 Å². The number of nitrogens with two attached hydrogens (primary N) is 1. The quantitative estimate of drug-likeness (QED) is 0.844. The summed E-state index contributed by atoms with van der Waals surface area (Å²) < 4.78 is 13.3. The lowest BCUT2D eigenvalue weighted by Gasteiger charge is -2.27. The van der Waals surface area contributed by atoms with E-state index in [0.717, 1.165) is 36.4 Å². The van der Waals surface area contributed by atoms with Gasteiger partial charge in [0.1, 0.15) is 5.82 Å². The fourth-order valence-corrected chi connectivity index (χ4v) is 4.07. The average molecular weight is 262 g/mol. The number of halogens is 1. The largest absolute Gasteiger partial charge is 0.398 e. The molecular weight excluding hydrogens is 239 g/mol. The second-order valence-electron chi connectivity index (χ2n) is 6.47. The van der Waals surface area contributed by atoms with Gasteiger partial charge in [-0.2, -0.15) is 0 Å². The molecule has 1 aromatic carbocycles. The van der Waals surface area contributed by atoms with Crippen LogP contribution in [0.25, 0.3) is 0 Å². The zero-order chi connectivity index (χ0) is 13.4. The molecule has 19 heavy (non-hydrogen) atoms. The summed E-state index contributed by atoms with van der Waals surface area (Å²) in [6.07, 6.45) is 5.71. The van der Waals surface area contributed by atoms with Crippen molar-refractivity contribution in [1.82, 2.24) is 4.90 Å². The van der Waals surface area contributed by atoms with E-state index in [1.54, 1.807) is 12.1 Å². The molecular formula is C16H23FN2. The van der Waals surface area contributed by atoms with Crippen LogP contribution in [0.4, 0.5) is 10.1 Å². The minimum absolute atomic E-state index is 0.197. The Hall–Kier alpha value is -1.09. The number of rotatable bonds is 4. The maximum atomic E-state index is 13.3. The van der Waals surface area contributed by atoms with E-state index in [1.165, 1.54) is 31.7 Å². The highest BCUT2D eigenvalue weighted by atomic mass is 19.1. The van der Waals surface area contributed by atoms with Gasteiger partial charge in [-0.1, -0.05) is 6.42 Å². The normalized spacial score (nSPS) is 29.3. The van der Waals surface area contributed by atoms with Gasteiger partial charge in [-0.15, -0.1) is 0 Å². The second-order valence-corrected chi connectivity index (χ2v) is 6.47. The molecule has 2 saturated carbocycles. The Bertz CT molecular complexity index is 460.